The van der Waals surface area contributed by atoms with Crippen molar-refractivity contribution in [1.29, 1.82) is 0 Å². The van der Waals surface area contributed by atoms with Crippen molar-refractivity contribution in [3.05, 3.63) is 21.3 Å². The fraction of sp³-hybridized carbons (Fsp3) is 0.667. The number of thiophene rings is 1. The van der Waals surface area contributed by atoms with Crippen LogP contribution in [0.1, 0.15) is 38.5 Å². The average molecular weight is 244 g/mol. The van der Waals surface area contributed by atoms with Crippen LogP contribution in [-0.4, -0.2) is 6.54 Å². The van der Waals surface area contributed by atoms with Crippen molar-refractivity contribution in [2.45, 2.75) is 39.2 Å². The Labute approximate surface area is 101 Å². The van der Waals surface area contributed by atoms with Gasteiger partial charge in [0.05, 0.1) is 9.88 Å². The Kier molecular flexibility index (Phi) is 2.87. The summed E-state index contributed by atoms with van der Waals surface area (Å²) >= 11 is 7.76. The van der Waals surface area contributed by atoms with Gasteiger partial charge in [-0.05, 0) is 36.9 Å². The predicted molar refractivity (Wildman–Crippen MR) is 67.7 cm³/mol. The van der Waals surface area contributed by atoms with E-state index in [0.29, 0.717) is 0 Å². The predicted octanol–water partition coefficient (Wildman–Crippen LogP) is 4.03. The summed E-state index contributed by atoms with van der Waals surface area (Å²) in [7, 11) is 0. The van der Waals surface area contributed by atoms with Gasteiger partial charge in [-0.15, -0.1) is 11.3 Å². The first-order valence-corrected chi connectivity index (χ1v) is 6.66. The maximum atomic E-state index is 6.04. The molecule has 1 aliphatic rings. The fourth-order valence-corrected chi connectivity index (χ4v) is 3.96. The molecule has 1 atom stereocenters. The van der Waals surface area contributed by atoms with E-state index in [2.05, 4.69) is 32.2 Å². The normalized spacial score (nSPS) is 27.2. The van der Waals surface area contributed by atoms with Gasteiger partial charge in [-0.2, -0.15) is 0 Å². The SMILES string of the molecule is CC(C)(C)C1(c2ccc(Cl)s2)CCCN1. The molecule has 0 aromatic carbocycles. The standard InChI is InChI=1S/C12H18ClNS/c1-11(2,3)12(7-4-8-14-12)9-5-6-10(13)15-9/h5-6,14H,4,7-8H2,1-3H3. The van der Waals surface area contributed by atoms with Gasteiger partial charge < -0.3 is 5.32 Å². The minimum atomic E-state index is 0.130. The van der Waals surface area contributed by atoms with E-state index in [9.17, 15) is 0 Å². The van der Waals surface area contributed by atoms with Crippen LogP contribution in [0.25, 0.3) is 0 Å². The number of nitrogens with one attached hydrogen (secondary N) is 1. The van der Waals surface area contributed by atoms with Crippen molar-refractivity contribution in [2.24, 2.45) is 5.41 Å². The van der Waals surface area contributed by atoms with Gasteiger partial charge in [-0.3, -0.25) is 0 Å². The lowest BCUT2D eigenvalue weighted by atomic mass is 9.72. The zero-order valence-corrected chi connectivity index (χ0v) is 11.1. The number of halogens is 1. The molecule has 1 unspecified atom stereocenters. The maximum Gasteiger partial charge on any atom is 0.0931 e. The summed E-state index contributed by atoms with van der Waals surface area (Å²) in [5.74, 6) is 0. The molecule has 0 amide bonds. The highest BCUT2D eigenvalue weighted by atomic mass is 35.5. The molecule has 3 heteroatoms. The lowest BCUT2D eigenvalue weighted by Crippen LogP contribution is -2.47. The van der Waals surface area contributed by atoms with E-state index < -0.39 is 0 Å². The van der Waals surface area contributed by atoms with Crippen molar-refractivity contribution in [1.82, 2.24) is 5.32 Å². The zero-order chi connectivity index (χ0) is 11.1. The molecule has 1 aromatic heterocycles. The van der Waals surface area contributed by atoms with Crippen molar-refractivity contribution in [3.63, 3.8) is 0 Å². The van der Waals surface area contributed by atoms with Crippen LogP contribution in [0.15, 0.2) is 12.1 Å². The molecule has 84 valence electrons. The highest BCUT2D eigenvalue weighted by Gasteiger charge is 2.46. The molecular weight excluding hydrogens is 226 g/mol. The Morgan fingerprint density at radius 2 is 2.13 bits per heavy atom. The molecule has 0 saturated carbocycles. The third kappa shape index (κ3) is 1.83. The molecule has 1 saturated heterocycles. The highest BCUT2D eigenvalue weighted by molar-refractivity contribution is 7.16. The molecule has 0 bridgehead atoms. The van der Waals surface area contributed by atoms with Gasteiger partial charge >= 0.3 is 0 Å². The quantitative estimate of drug-likeness (QED) is 0.786. The number of rotatable bonds is 1. The average Bonchev–Trinajstić information content (AvgIpc) is 2.69. The van der Waals surface area contributed by atoms with E-state index in [-0.39, 0.29) is 11.0 Å². The first kappa shape index (κ1) is 11.4. The molecule has 0 radical (unpaired) electrons. The van der Waals surface area contributed by atoms with Gasteiger partial charge in [0, 0.05) is 4.88 Å². The summed E-state index contributed by atoms with van der Waals surface area (Å²) in [4.78, 5) is 1.39. The summed E-state index contributed by atoms with van der Waals surface area (Å²) in [5.41, 5.74) is 0.364. The number of hydrogen-bond donors (Lipinski definition) is 1. The molecule has 1 aliphatic heterocycles. The summed E-state index contributed by atoms with van der Waals surface area (Å²) in [6.45, 7) is 8.03. The summed E-state index contributed by atoms with van der Waals surface area (Å²) < 4.78 is 0.891. The second-order valence-corrected chi connectivity index (χ2v) is 7.00. The molecule has 15 heavy (non-hydrogen) atoms. The van der Waals surface area contributed by atoms with Gasteiger partial charge in [0.15, 0.2) is 0 Å². The minimum absolute atomic E-state index is 0.130. The van der Waals surface area contributed by atoms with E-state index in [4.69, 9.17) is 11.6 Å². The molecule has 2 heterocycles. The number of hydrogen-bond acceptors (Lipinski definition) is 2. The van der Waals surface area contributed by atoms with Crippen LogP contribution in [0.5, 0.6) is 0 Å². The largest absolute Gasteiger partial charge is 0.306 e. The van der Waals surface area contributed by atoms with Crippen molar-refractivity contribution >= 4 is 22.9 Å². The summed E-state index contributed by atoms with van der Waals surface area (Å²) in [6.07, 6.45) is 2.47. The van der Waals surface area contributed by atoms with Crippen molar-refractivity contribution in [2.75, 3.05) is 6.54 Å². The van der Waals surface area contributed by atoms with E-state index in [1.807, 2.05) is 6.07 Å². The molecule has 1 nitrogen and oxygen atoms in total. The first-order chi connectivity index (χ1) is 6.96. The van der Waals surface area contributed by atoms with Crippen LogP contribution in [-0.2, 0) is 5.54 Å². The Balaban J connectivity index is 2.43. The zero-order valence-electron chi connectivity index (χ0n) is 9.56. The van der Waals surface area contributed by atoms with Crippen LogP contribution in [0, 0.1) is 5.41 Å². The Morgan fingerprint density at radius 1 is 1.40 bits per heavy atom. The van der Waals surface area contributed by atoms with Crippen LogP contribution >= 0.6 is 22.9 Å². The fourth-order valence-electron chi connectivity index (χ4n) is 2.51. The van der Waals surface area contributed by atoms with Crippen LogP contribution in [0.2, 0.25) is 4.34 Å². The second-order valence-electron chi connectivity index (χ2n) is 5.29. The van der Waals surface area contributed by atoms with E-state index in [1.54, 1.807) is 11.3 Å². The third-order valence-corrected chi connectivity index (χ3v) is 4.82. The van der Waals surface area contributed by atoms with Gasteiger partial charge in [0.1, 0.15) is 0 Å². The minimum Gasteiger partial charge on any atom is -0.306 e. The van der Waals surface area contributed by atoms with Crippen molar-refractivity contribution in [3.8, 4) is 0 Å². The molecule has 0 spiro atoms. The van der Waals surface area contributed by atoms with E-state index >= 15 is 0 Å². The van der Waals surface area contributed by atoms with Crippen LogP contribution < -0.4 is 5.32 Å². The monoisotopic (exact) mass is 243 g/mol. The molecule has 1 N–H and O–H groups in total. The maximum absolute atomic E-state index is 6.04. The van der Waals surface area contributed by atoms with E-state index in [1.165, 1.54) is 17.7 Å². The third-order valence-electron chi connectivity index (χ3n) is 3.43. The molecule has 0 aliphatic carbocycles. The lowest BCUT2D eigenvalue weighted by molar-refractivity contribution is 0.165. The molecule has 1 aromatic rings. The smallest absolute Gasteiger partial charge is 0.0931 e. The first-order valence-electron chi connectivity index (χ1n) is 5.47. The van der Waals surface area contributed by atoms with Crippen LogP contribution in [0.4, 0.5) is 0 Å². The van der Waals surface area contributed by atoms with Gasteiger partial charge in [-0.25, -0.2) is 0 Å². The Bertz CT molecular complexity index is 345. The molecule has 2 rings (SSSR count). The van der Waals surface area contributed by atoms with Gasteiger partial charge in [-0.1, -0.05) is 32.4 Å². The second kappa shape index (κ2) is 3.76. The van der Waals surface area contributed by atoms with Gasteiger partial charge in [0.2, 0.25) is 0 Å². The lowest BCUT2D eigenvalue weighted by Gasteiger charge is -2.41. The van der Waals surface area contributed by atoms with Crippen molar-refractivity contribution < 1.29 is 0 Å². The Hall–Kier alpha value is -0.0500. The highest BCUT2D eigenvalue weighted by Crippen LogP contribution is 2.48. The van der Waals surface area contributed by atoms with E-state index in [0.717, 1.165) is 10.9 Å². The Morgan fingerprint density at radius 3 is 2.53 bits per heavy atom. The topological polar surface area (TPSA) is 12.0 Å². The molecular formula is C12H18ClNS. The van der Waals surface area contributed by atoms with Gasteiger partial charge in [0.25, 0.3) is 0 Å². The summed E-state index contributed by atoms with van der Waals surface area (Å²) in [6, 6.07) is 4.19. The molecule has 1 fully saturated rings. The van der Waals surface area contributed by atoms with Crippen LogP contribution in [0.3, 0.4) is 0 Å². The summed E-state index contributed by atoms with van der Waals surface area (Å²) in [5, 5.41) is 3.69.